The van der Waals surface area contributed by atoms with Crippen LogP contribution in [0.25, 0.3) is 11.0 Å². The third kappa shape index (κ3) is 2.97. The standard InChI is InChI=1S/C16H17BrN4O2/c1-2-11-7-12(23-19-11)9-22-14-6-5-13-16(15(14)17)18-20-21(13)8-10-3-4-10/h5-7,10H,2-4,8-9H2,1H3. The summed E-state index contributed by atoms with van der Waals surface area (Å²) in [6, 6.07) is 5.87. The molecule has 2 aromatic heterocycles. The predicted molar refractivity (Wildman–Crippen MR) is 88.2 cm³/mol. The number of benzene rings is 1. The number of aryl methyl sites for hydroxylation is 1. The van der Waals surface area contributed by atoms with Crippen LogP contribution in [0.3, 0.4) is 0 Å². The number of ether oxygens (including phenoxy) is 1. The van der Waals surface area contributed by atoms with Crippen molar-refractivity contribution in [3.63, 3.8) is 0 Å². The maximum absolute atomic E-state index is 5.83. The molecule has 0 bridgehead atoms. The lowest BCUT2D eigenvalue weighted by Crippen LogP contribution is -2.01. The Morgan fingerprint density at radius 3 is 3.00 bits per heavy atom. The highest BCUT2D eigenvalue weighted by atomic mass is 79.9. The molecular weight excluding hydrogens is 360 g/mol. The molecule has 0 saturated heterocycles. The van der Waals surface area contributed by atoms with E-state index in [-0.39, 0.29) is 0 Å². The van der Waals surface area contributed by atoms with Crippen molar-refractivity contribution in [1.29, 1.82) is 0 Å². The van der Waals surface area contributed by atoms with E-state index in [9.17, 15) is 0 Å². The maximum atomic E-state index is 5.83. The van der Waals surface area contributed by atoms with Gasteiger partial charge in [0.15, 0.2) is 5.76 Å². The first-order chi connectivity index (χ1) is 11.2. The summed E-state index contributed by atoms with van der Waals surface area (Å²) in [6.07, 6.45) is 3.44. The van der Waals surface area contributed by atoms with E-state index >= 15 is 0 Å². The summed E-state index contributed by atoms with van der Waals surface area (Å²) in [7, 11) is 0. The molecule has 0 unspecified atom stereocenters. The number of hydrogen-bond acceptors (Lipinski definition) is 5. The third-order valence-corrected chi connectivity index (χ3v) is 4.82. The minimum atomic E-state index is 0.341. The van der Waals surface area contributed by atoms with E-state index in [1.807, 2.05) is 29.8 Å². The lowest BCUT2D eigenvalue weighted by Gasteiger charge is -2.07. The van der Waals surface area contributed by atoms with Gasteiger partial charge in [-0.15, -0.1) is 5.10 Å². The fourth-order valence-corrected chi connectivity index (χ4v) is 3.05. The van der Waals surface area contributed by atoms with Crippen LogP contribution in [0.1, 0.15) is 31.2 Å². The molecule has 1 aliphatic rings. The van der Waals surface area contributed by atoms with Crippen LogP contribution in [0.5, 0.6) is 5.75 Å². The number of fused-ring (bicyclic) bond motifs is 1. The summed E-state index contributed by atoms with van der Waals surface area (Å²) in [5.74, 6) is 2.20. The van der Waals surface area contributed by atoms with Crippen molar-refractivity contribution < 1.29 is 9.26 Å². The number of halogens is 1. The minimum absolute atomic E-state index is 0.341. The van der Waals surface area contributed by atoms with Gasteiger partial charge in [0.05, 0.1) is 15.7 Å². The number of nitrogens with zero attached hydrogens (tertiary/aromatic N) is 4. The monoisotopic (exact) mass is 376 g/mol. The van der Waals surface area contributed by atoms with Gasteiger partial charge in [0.1, 0.15) is 17.9 Å². The van der Waals surface area contributed by atoms with Crippen LogP contribution in [0, 0.1) is 5.92 Å². The molecule has 0 spiro atoms. The molecular formula is C16H17BrN4O2. The molecule has 0 radical (unpaired) electrons. The summed E-state index contributed by atoms with van der Waals surface area (Å²) in [5.41, 5.74) is 2.79. The van der Waals surface area contributed by atoms with Crippen molar-refractivity contribution in [2.45, 2.75) is 39.3 Å². The summed E-state index contributed by atoms with van der Waals surface area (Å²) < 4.78 is 13.9. The third-order valence-electron chi connectivity index (χ3n) is 4.06. The van der Waals surface area contributed by atoms with E-state index in [0.717, 1.165) is 45.8 Å². The van der Waals surface area contributed by atoms with Crippen LogP contribution in [0.2, 0.25) is 0 Å². The highest BCUT2D eigenvalue weighted by Crippen LogP contribution is 2.35. The van der Waals surface area contributed by atoms with E-state index in [1.165, 1.54) is 12.8 Å². The molecule has 7 heteroatoms. The van der Waals surface area contributed by atoms with Crippen molar-refractivity contribution in [3.8, 4) is 5.75 Å². The number of aromatic nitrogens is 4. The molecule has 0 amide bonds. The highest BCUT2D eigenvalue weighted by Gasteiger charge is 2.23. The smallest absolute Gasteiger partial charge is 0.174 e. The van der Waals surface area contributed by atoms with Gasteiger partial charge in [0.2, 0.25) is 0 Å². The summed E-state index contributed by atoms with van der Waals surface area (Å²) in [5, 5.41) is 12.5. The van der Waals surface area contributed by atoms with Gasteiger partial charge in [-0.25, -0.2) is 4.68 Å². The molecule has 3 aromatic rings. The van der Waals surface area contributed by atoms with Crippen LogP contribution in [-0.2, 0) is 19.6 Å². The lowest BCUT2D eigenvalue weighted by molar-refractivity contribution is 0.247. The summed E-state index contributed by atoms with van der Waals surface area (Å²) in [6.45, 7) is 3.33. The van der Waals surface area contributed by atoms with Gasteiger partial charge in [-0.05, 0) is 53.2 Å². The Hall–Kier alpha value is -1.89. The van der Waals surface area contributed by atoms with Crippen LogP contribution in [0.15, 0.2) is 27.2 Å². The number of rotatable bonds is 6. The first-order valence-corrected chi connectivity index (χ1v) is 8.63. The molecule has 0 aliphatic heterocycles. The Kier molecular flexibility index (Phi) is 3.80. The number of hydrogen-bond donors (Lipinski definition) is 0. The Balaban J connectivity index is 1.54. The van der Waals surface area contributed by atoms with Crippen molar-refractivity contribution in [1.82, 2.24) is 20.2 Å². The fraction of sp³-hybridized carbons (Fsp3) is 0.438. The topological polar surface area (TPSA) is 66.0 Å². The maximum Gasteiger partial charge on any atom is 0.174 e. The van der Waals surface area contributed by atoms with Crippen LogP contribution in [0.4, 0.5) is 0 Å². The van der Waals surface area contributed by atoms with Crippen molar-refractivity contribution in [2.24, 2.45) is 5.92 Å². The molecule has 2 heterocycles. The van der Waals surface area contributed by atoms with Crippen LogP contribution in [-0.4, -0.2) is 20.2 Å². The quantitative estimate of drug-likeness (QED) is 0.655. The van der Waals surface area contributed by atoms with Crippen LogP contribution < -0.4 is 4.74 Å². The molecule has 0 N–H and O–H groups in total. The molecule has 1 aromatic carbocycles. The van der Waals surface area contributed by atoms with Gasteiger partial charge in [-0.1, -0.05) is 17.3 Å². The Morgan fingerprint density at radius 2 is 2.26 bits per heavy atom. The zero-order chi connectivity index (χ0) is 15.8. The second-order valence-corrected chi connectivity index (χ2v) is 6.68. The second kappa shape index (κ2) is 5.96. The second-order valence-electron chi connectivity index (χ2n) is 5.89. The molecule has 23 heavy (non-hydrogen) atoms. The zero-order valence-electron chi connectivity index (χ0n) is 12.8. The molecule has 6 nitrogen and oxygen atoms in total. The Bertz CT molecular complexity index is 838. The Labute approximate surface area is 141 Å². The molecule has 1 fully saturated rings. The van der Waals surface area contributed by atoms with Crippen molar-refractivity contribution in [2.75, 3.05) is 0 Å². The fourth-order valence-electron chi connectivity index (χ4n) is 2.52. The summed E-state index contributed by atoms with van der Waals surface area (Å²) in [4.78, 5) is 0. The normalized spacial score (nSPS) is 14.5. The van der Waals surface area contributed by atoms with Gasteiger partial charge in [-0.2, -0.15) is 0 Å². The average molecular weight is 377 g/mol. The van der Waals surface area contributed by atoms with E-state index < -0.39 is 0 Å². The first kappa shape index (κ1) is 14.7. The van der Waals surface area contributed by atoms with Crippen molar-refractivity contribution in [3.05, 3.63) is 34.1 Å². The summed E-state index contributed by atoms with van der Waals surface area (Å²) >= 11 is 3.58. The average Bonchev–Trinajstić information content (AvgIpc) is 3.10. The van der Waals surface area contributed by atoms with Gasteiger partial charge in [0.25, 0.3) is 0 Å². The van der Waals surface area contributed by atoms with Gasteiger partial charge in [0, 0.05) is 12.6 Å². The van der Waals surface area contributed by atoms with Crippen LogP contribution >= 0.6 is 15.9 Å². The zero-order valence-corrected chi connectivity index (χ0v) is 14.4. The van der Waals surface area contributed by atoms with E-state index in [0.29, 0.717) is 12.4 Å². The van der Waals surface area contributed by atoms with Gasteiger partial charge in [-0.3, -0.25) is 0 Å². The molecule has 1 saturated carbocycles. The molecule has 1 aliphatic carbocycles. The van der Waals surface area contributed by atoms with Gasteiger partial charge < -0.3 is 9.26 Å². The SMILES string of the molecule is CCc1cc(COc2ccc3c(nnn3CC3CC3)c2Br)on1. The predicted octanol–water partition coefficient (Wildman–Crippen LogP) is 3.73. The lowest BCUT2D eigenvalue weighted by atomic mass is 10.3. The minimum Gasteiger partial charge on any atom is -0.484 e. The van der Waals surface area contributed by atoms with E-state index in [4.69, 9.17) is 9.26 Å². The van der Waals surface area contributed by atoms with E-state index in [1.54, 1.807) is 0 Å². The van der Waals surface area contributed by atoms with E-state index in [2.05, 4.69) is 31.4 Å². The van der Waals surface area contributed by atoms with Crippen molar-refractivity contribution >= 4 is 27.0 Å². The largest absolute Gasteiger partial charge is 0.484 e. The molecule has 0 atom stereocenters. The Morgan fingerprint density at radius 1 is 1.39 bits per heavy atom. The highest BCUT2D eigenvalue weighted by molar-refractivity contribution is 9.10. The molecule has 4 rings (SSSR count). The molecule has 120 valence electrons. The van der Waals surface area contributed by atoms with Gasteiger partial charge >= 0.3 is 0 Å². The first-order valence-electron chi connectivity index (χ1n) is 7.83.